The number of piperidine rings is 1. The van der Waals surface area contributed by atoms with Crippen LogP contribution in [0.15, 0.2) is 24.3 Å². The predicted octanol–water partition coefficient (Wildman–Crippen LogP) is 1.69. The standard InChI is InChI=1S/C16H21NO4S/c1-3-12-6-4-5-7-13(12)14(18)17-10-8-16(9-11-17,15(19)20)22(2)21/h4-7H,3,8-11H2,1-2H3,(H,19,20)/t22-/m0/s1. The molecule has 1 saturated heterocycles. The summed E-state index contributed by atoms with van der Waals surface area (Å²) in [5.74, 6) is -1.10. The number of likely N-dealkylation sites (tertiary alicyclic amines) is 1. The zero-order valence-corrected chi connectivity index (χ0v) is 13.7. The maximum absolute atomic E-state index is 12.6. The molecule has 0 spiro atoms. The Morgan fingerprint density at radius 1 is 1.27 bits per heavy atom. The second-order valence-corrected chi connectivity index (χ2v) is 7.25. The lowest BCUT2D eigenvalue weighted by Gasteiger charge is -2.37. The average molecular weight is 323 g/mol. The summed E-state index contributed by atoms with van der Waals surface area (Å²) in [6.45, 7) is 2.64. The van der Waals surface area contributed by atoms with Gasteiger partial charge in [-0.3, -0.25) is 13.8 Å². The molecule has 1 fully saturated rings. The van der Waals surface area contributed by atoms with Crippen LogP contribution >= 0.6 is 0 Å². The Morgan fingerprint density at radius 3 is 2.36 bits per heavy atom. The Morgan fingerprint density at radius 2 is 1.86 bits per heavy atom. The van der Waals surface area contributed by atoms with Crippen LogP contribution in [-0.2, 0) is 22.0 Å². The van der Waals surface area contributed by atoms with Crippen LogP contribution in [-0.4, -0.2) is 50.2 Å². The zero-order valence-electron chi connectivity index (χ0n) is 12.9. The molecule has 1 aromatic carbocycles. The average Bonchev–Trinajstić information content (AvgIpc) is 2.53. The summed E-state index contributed by atoms with van der Waals surface area (Å²) in [6.07, 6.45) is 2.66. The Balaban J connectivity index is 2.16. The highest BCUT2D eigenvalue weighted by Crippen LogP contribution is 2.29. The Kier molecular flexibility index (Phi) is 5.01. The van der Waals surface area contributed by atoms with Crippen molar-refractivity contribution in [2.75, 3.05) is 19.3 Å². The molecule has 5 nitrogen and oxygen atoms in total. The number of hydrogen-bond donors (Lipinski definition) is 1. The maximum Gasteiger partial charge on any atom is 0.322 e. The zero-order chi connectivity index (χ0) is 16.3. The predicted molar refractivity (Wildman–Crippen MR) is 85.4 cm³/mol. The minimum atomic E-state index is -1.46. The third-order valence-corrected chi connectivity index (χ3v) is 6.11. The van der Waals surface area contributed by atoms with E-state index in [4.69, 9.17) is 0 Å². The van der Waals surface area contributed by atoms with Gasteiger partial charge in [0.05, 0.1) is 0 Å². The highest BCUT2D eigenvalue weighted by atomic mass is 32.2. The summed E-state index contributed by atoms with van der Waals surface area (Å²) < 4.78 is 10.6. The molecule has 1 amide bonds. The number of carboxylic acid groups (broad SMARTS) is 1. The van der Waals surface area contributed by atoms with Crippen LogP contribution in [0.3, 0.4) is 0 Å². The summed E-state index contributed by atoms with van der Waals surface area (Å²) in [6, 6.07) is 7.47. The first-order valence-corrected chi connectivity index (χ1v) is 8.92. The molecule has 22 heavy (non-hydrogen) atoms. The van der Waals surface area contributed by atoms with Crippen molar-refractivity contribution in [3.63, 3.8) is 0 Å². The van der Waals surface area contributed by atoms with E-state index in [9.17, 15) is 18.9 Å². The van der Waals surface area contributed by atoms with Gasteiger partial charge in [-0.05, 0) is 30.9 Å². The van der Waals surface area contributed by atoms with E-state index < -0.39 is 21.5 Å². The molecule has 0 aromatic heterocycles. The van der Waals surface area contributed by atoms with Crippen LogP contribution in [0.1, 0.15) is 35.7 Å². The molecule has 2 rings (SSSR count). The fourth-order valence-electron chi connectivity index (χ4n) is 2.90. The lowest BCUT2D eigenvalue weighted by molar-refractivity contribution is -0.141. The van der Waals surface area contributed by atoms with E-state index in [1.165, 1.54) is 6.26 Å². The van der Waals surface area contributed by atoms with Gasteiger partial charge in [0, 0.05) is 35.7 Å². The van der Waals surface area contributed by atoms with Gasteiger partial charge in [0.15, 0.2) is 0 Å². The number of aliphatic carboxylic acids is 1. The summed E-state index contributed by atoms with van der Waals surface area (Å²) in [5, 5.41) is 9.39. The molecule has 120 valence electrons. The van der Waals surface area contributed by atoms with E-state index in [0.29, 0.717) is 18.7 Å². The van der Waals surface area contributed by atoms with E-state index in [2.05, 4.69) is 0 Å². The molecule has 1 atom stereocenters. The normalized spacial score (nSPS) is 18.7. The highest BCUT2D eigenvalue weighted by molar-refractivity contribution is 7.86. The van der Waals surface area contributed by atoms with Gasteiger partial charge < -0.3 is 10.0 Å². The van der Waals surface area contributed by atoms with Crippen molar-refractivity contribution >= 4 is 22.7 Å². The molecule has 1 aliphatic rings. The number of hydrogen-bond acceptors (Lipinski definition) is 3. The van der Waals surface area contributed by atoms with Crippen molar-refractivity contribution in [1.82, 2.24) is 4.90 Å². The summed E-state index contributed by atoms with van der Waals surface area (Å²) in [4.78, 5) is 25.8. The number of benzene rings is 1. The molecular weight excluding hydrogens is 302 g/mol. The van der Waals surface area contributed by atoms with E-state index in [1.807, 2.05) is 25.1 Å². The van der Waals surface area contributed by atoms with Gasteiger partial charge in [-0.25, -0.2) is 0 Å². The van der Waals surface area contributed by atoms with Crippen molar-refractivity contribution in [2.45, 2.75) is 30.9 Å². The second-order valence-electron chi connectivity index (χ2n) is 5.56. The van der Waals surface area contributed by atoms with Crippen LogP contribution < -0.4 is 0 Å². The van der Waals surface area contributed by atoms with Crippen molar-refractivity contribution in [1.29, 1.82) is 0 Å². The molecule has 0 radical (unpaired) electrons. The molecule has 1 heterocycles. The number of amides is 1. The molecule has 1 aromatic rings. The minimum Gasteiger partial charge on any atom is -0.480 e. The van der Waals surface area contributed by atoms with Crippen LogP contribution in [0.2, 0.25) is 0 Å². The van der Waals surface area contributed by atoms with E-state index in [1.54, 1.807) is 11.0 Å². The van der Waals surface area contributed by atoms with Gasteiger partial charge in [-0.15, -0.1) is 0 Å². The fraction of sp³-hybridized carbons (Fsp3) is 0.500. The SMILES string of the molecule is CCc1ccccc1C(=O)N1CCC(C(=O)O)([S@](C)=O)CC1. The third-order valence-electron chi connectivity index (χ3n) is 4.43. The highest BCUT2D eigenvalue weighted by Gasteiger charge is 2.46. The molecule has 0 aliphatic carbocycles. The Bertz CT molecular complexity index is 590. The van der Waals surface area contributed by atoms with Gasteiger partial charge in [-0.1, -0.05) is 25.1 Å². The maximum atomic E-state index is 12.6. The summed E-state index contributed by atoms with van der Waals surface area (Å²) in [5.41, 5.74) is 1.66. The smallest absolute Gasteiger partial charge is 0.322 e. The molecule has 0 unspecified atom stereocenters. The lowest BCUT2D eigenvalue weighted by atomic mass is 9.94. The second kappa shape index (κ2) is 6.60. The topological polar surface area (TPSA) is 74.7 Å². The molecule has 6 heteroatoms. The molecule has 0 saturated carbocycles. The largest absolute Gasteiger partial charge is 0.480 e. The van der Waals surface area contributed by atoms with Crippen molar-refractivity contribution in [3.05, 3.63) is 35.4 Å². The lowest BCUT2D eigenvalue weighted by Crippen LogP contribution is -2.53. The van der Waals surface area contributed by atoms with Crippen LogP contribution in [0.25, 0.3) is 0 Å². The van der Waals surface area contributed by atoms with Gasteiger partial charge in [0.1, 0.15) is 4.75 Å². The summed E-state index contributed by atoms with van der Waals surface area (Å²) >= 11 is 0. The number of rotatable bonds is 4. The first-order chi connectivity index (χ1) is 10.4. The Labute approximate surface area is 132 Å². The van der Waals surface area contributed by atoms with Crippen LogP contribution in [0.5, 0.6) is 0 Å². The van der Waals surface area contributed by atoms with Gasteiger partial charge in [0.2, 0.25) is 0 Å². The number of carboxylic acids is 1. The van der Waals surface area contributed by atoms with Gasteiger partial charge >= 0.3 is 5.97 Å². The number of carbonyl (C=O) groups is 2. The molecule has 0 bridgehead atoms. The third kappa shape index (κ3) is 2.92. The van der Waals surface area contributed by atoms with E-state index in [0.717, 1.165) is 12.0 Å². The summed E-state index contributed by atoms with van der Waals surface area (Å²) in [7, 11) is -1.46. The van der Waals surface area contributed by atoms with Crippen LogP contribution in [0.4, 0.5) is 0 Å². The van der Waals surface area contributed by atoms with Crippen molar-refractivity contribution in [3.8, 4) is 0 Å². The number of nitrogens with zero attached hydrogens (tertiary/aromatic N) is 1. The fourth-order valence-corrected chi connectivity index (χ4v) is 3.91. The first kappa shape index (κ1) is 16.7. The molecular formula is C16H21NO4S. The van der Waals surface area contributed by atoms with Crippen LogP contribution in [0, 0.1) is 0 Å². The monoisotopic (exact) mass is 323 g/mol. The van der Waals surface area contributed by atoms with Gasteiger partial charge in [0.25, 0.3) is 5.91 Å². The number of carbonyl (C=O) groups excluding carboxylic acids is 1. The van der Waals surface area contributed by atoms with Gasteiger partial charge in [-0.2, -0.15) is 0 Å². The van der Waals surface area contributed by atoms with Crippen molar-refractivity contribution < 1.29 is 18.9 Å². The molecule has 1 aliphatic heterocycles. The quantitative estimate of drug-likeness (QED) is 0.915. The number of aryl methyl sites for hydroxylation is 1. The minimum absolute atomic E-state index is 0.0710. The Hall–Kier alpha value is -1.69. The van der Waals surface area contributed by atoms with Crippen molar-refractivity contribution in [2.24, 2.45) is 0 Å². The first-order valence-electron chi connectivity index (χ1n) is 7.36. The van der Waals surface area contributed by atoms with E-state index >= 15 is 0 Å². The van der Waals surface area contributed by atoms with E-state index in [-0.39, 0.29) is 18.7 Å². The molecule has 1 N–H and O–H groups in total.